The zero-order valence-electron chi connectivity index (χ0n) is 23.5. The van der Waals surface area contributed by atoms with Crippen molar-refractivity contribution in [2.45, 2.75) is 58.3 Å². The lowest BCUT2D eigenvalue weighted by Crippen LogP contribution is -2.79. The van der Waals surface area contributed by atoms with Gasteiger partial charge in [-0.15, -0.1) is 0 Å². The molecule has 0 aliphatic heterocycles. The average Bonchev–Trinajstić information content (AvgIpc) is 2.86. The molecule has 3 aliphatic carbocycles. The lowest BCUT2D eigenvalue weighted by molar-refractivity contribution is -0.265. The molecule has 2 saturated carbocycles. The van der Waals surface area contributed by atoms with Gasteiger partial charge in [-0.3, -0.25) is 19.4 Å². The maximum Gasteiger partial charge on any atom is 0.230 e. The van der Waals surface area contributed by atoms with E-state index in [9.17, 15) is 34.8 Å². The Labute approximate surface area is 238 Å². The van der Waals surface area contributed by atoms with Crippen LogP contribution < -0.4 is 11.5 Å². The number of rotatable bonds is 4. The Balaban J connectivity index is 1.66. The summed E-state index contributed by atoms with van der Waals surface area (Å²) in [4.78, 5) is 44.7. The molecule has 8 N–H and O–H groups in total. The number of fused-ring (bicyclic) bond motifs is 3. The number of nitrogens with two attached hydrogens (primary N) is 2. The molecule has 3 aliphatic rings. The number of amides is 1. The van der Waals surface area contributed by atoms with E-state index in [2.05, 4.69) is 4.99 Å². The molecule has 2 aromatic carbocycles. The van der Waals surface area contributed by atoms with Crippen molar-refractivity contribution in [2.24, 2.45) is 45.2 Å². The van der Waals surface area contributed by atoms with E-state index < -0.39 is 63.9 Å². The van der Waals surface area contributed by atoms with Crippen molar-refractivity contribution in [1.29, 1.82) is 0 Å². The first-order chi connectivity index (χ1) is 19.1. The highest BCUT2D eigenvalue weighted by molar-refractivity contribution is 6.09. The van der Waals surface area contributed by atoms with Gasteiger partial charge < -0.3 is 31.9 Å². The molecule has 0 heterocycles. The van der Waals surface area contributed by atoms with E-state index in [0.29, 0.717) is 22.5 Å². The summed E-state index contributed by atoms with van der Waals surface area (Å²) in [5, 5.41) is 46.1. The molecule has 8 atom stereocenters. The molecule has 0 spiro atoms. The van der Waals surface area contributed by atoms with Gasteiger partial charge >= 0.3 is 0 Å². The highest BCUT2D eigenvalue weighted by Crippen LogP contribution is 2.65. The second-order valence-corrected chi connectivity index (χ2v) is 12.9. The average molecular weight is 564 g/mol. The Morgan fingerprint density at radius 2 is 1.73 bits per heavy atom. The largest absolute Gasteiger partial charge is 0.507 e. The molecule has 2 fully saturated rings. The van der Waals surface area contributed by atoms with Gasteiger partial charge in [-0.2, -0.15) is 0 Å². The smallest absolute Gasteiger partial charge is 0.230 e. The molecular weight excluding hydrogens is 526 g/mol. The normalized spacial score (nSPS) is 36.6. The maximum atomic E-state index is 14.1. The molecular formula is C31H37N3O7. The van der Waals surface area contributed by atoms with Gasteiger partial charge in [0.05, 0.1) is 23.3 Å². The molecule has 0 aromatic heterocycles. The predicted molar refractivity (Wildman–Crippen MR) is 152 cm³/mol. The molecule has 0 radical (unpaired) electrons. The monoisotopic (exact) mass is 563 g/mol. The van der Waals surface area contributed by atoms with Gasteiger partial charge in [0.25, 0.3) is 0 Å². The van der Waals surface area contributed by atoms with E-state index >= 15 is 0 Å². The number of aromatic hydroxyl groups is 1. The number of nitrogens with zero attached hydrogens (tertiary/aromatic N) is 1. The van der Waals surface area contributed by atoms with Crippen LogP contribution in [0.5, 0.6) is 5.75 Å². The lowest BCUT2D eigenvalue weighted by Gasteiger charge is -2.66. The summed E-state index contributed by atoms with van der Waals surface area (Å²) in [6.45, 7) is 7.05. The number of Topliss-reactive ketones (excluding diaryl/α,β-unsaturated/α-hetero) is 2. The number of aliphatic hydroxyl groups is 3. The number of anilines is 1. The standard InChI is InChI=1S/C31H37N3O7/c1-14(2)22-25(37)21(28(33)40)26(38)31(41)27(39)23-24(36)20-18(11-29(23,3)13-30(22,31)4)15(5-10-19(20)35)12-34-17-8-6-16(32)7-9-17/h5-10,12,14,21-23,25,27,35,37,39,41H,11,13,32H2,1-4H3,(H2,33,40)/t21-,22+,23-,25?,27?,29-,30-,31+/m1/s1. The quantitative estimate of drug-likeness (QED) is 0.184. The fourth-order valence-electron chi connectivity index (χ4n) is 8.38. The SMILES string of the molecule is CC(C)[C@H]1C(O)[C@@H](C(N)=O)C(=O)[C@]2(O)C(O)[C@H]3C(=O)c4c(O)ccc(C=Nc5ccc(N)cc5)c4C[C@]3(C)C[C@]12C. The molecule has 10 heteroatoms. The van der Waals surface area contributed by atoms with Crippen LogP contribution in [0.3, 0.4) is 0 Å². The summed E-state index contributed by atoms with van der Waals surface area (Å²) in [7, 11) is 0. The van der Waals surface area contributed by atoms with Gasteiger partial charge in [-0.25, -0.2) is 0 Å². The Bertz CT molecular complexity index is 1470. The minimum Gasteiger partial charge on any atom is -0.507 e. The van der Waals surface area contributed by atoms with Gasteiger partial charge in [0.15, 0.2) is 17.2 Å². The van der Waals surface area contributed by atoms with Gasteiger partial charge in [0, 0.05) is 17.3 Å². The van der Waals surface area contributed by atoms with Crippen molar-refractivity contribution in [2.75, 3.05) is 5.73 Å². The Morgan fingerprint density at radius 1 is 1.10 bits per heavy atom. The Hall–Kier alpha value is -3.60. The number of hydrogen-bond acceptors (Lipinski definition) is 9. The lowest BCUT2D eigenvalue weighted by atomic mass is 9.39. The molecule has 10 nitrogen and oxygen atoms in total. The number of nitrogen functional groups attached to an aromatic ring is 1. The molecule has 1 amide bonds. The van der Waals surface area contributed by atoms with Crippen LogP contribution in [0.1, 0.15) is 55.6 Å². The van der Waals surface area contributed by atoms with E-state index in [-0.39, 0.29) is 30.1 Å². The fraction of sp³-hybridized carbons (Fsp3) is 0.484. The van der Waals surface area contributed by atoms with Crippen LogP contribution in [-0.2, 0) is 16.0 Å². The van der Waals surface area contributed by atoms with Crippen molar-refractivity contribution >= 4 is 35.1 Å². The first-order valence-electron chi connectivity index (χ1n) is 13.8. The van der Waals surface area contributed by atoms with Gasteiger partial charge in [0.2, 0.25) is 5.91 Å². The number of ketones is 2. The molecule has 5 rings (SSSR count). The second-order valence-electron chi connectivity index (χ2n) is 12.9. The van der Waals surface area contributed by atoms with E-state index in [1.807, 2.05) is 6.92 Å². The number of carbonyl (C=O) groups is 3. The third-order valence-electron chi connectivity index (χ3n) is 9.95. The Kier molecular flexibility index (Phi) is 6.68. The topological polar surface area (TPSA) is 197 Å². The minimum absolute atomic E-state index is 0.00450. The van der Waals surface area contributed by atoms with Gasteiger partial charge in [0.1, 0.15) is 17.8 Å². The predicted octanol–water partition coefficient (Wildman–Crippen LogP) is 1.91. The number of aliphatic hydroxyl groups excluding tert-OH is 2. The third kappa shape index (κ3) is 3.95. The van der Waals surface area contributed by atoms with Crippen molar-refractivity contribution < 1.29 is 34.8 Å². The van der Waals surface area contributed by atoms with Crippen molar-refractivity contribution in [3.8, 4) is 5.75 Å². The van der Waals surface area contributed by atoms with Crippen LogP contribution in [0.2, 0.25) is 0 Å². The number of aliphatic imine (C=N–C) groups is 1. The summed E-state index contributed by atoms with van der Waals surface area (Å²) in [6, 6.07) is 9.96. The van der Waals surface area contributed by atoms with Crippen LogP contribution in [0.25, 0.3) is 0 Å². The zero-order valence-corrected chi connectivity index (χ0v) is 23.5. The summed E-state index contributed by atoms with van der Waals surface area (Å²) < 4.78 is 0. The number of benzene rings is 2. The van der Waals surface area contributed by atoms with Crippen LogP contribution in [0.15, 0.2) is 41.4 Å². The number of carbonyl (C=O) groups excluding carboxylic acids is 3. The first-order valence-corrected chi connectivity index (χ1v) is 13.8. The molecule has 2 unspecified atom stereocenters. The van der Waals surface area contributed by atoms with Crippen LogP contribution in [0.4, 0.5) is 11.4 Å². The van der Waals surface area contributed by atoms with Crippen molar-refractivity contribution in [1.82, 2.24) is 0 Å². The summed E-state index contributed by atoms with van der Waals surface area (Å²) >= 11 is 0. The number of phenols is 1. The fourth-order valence-corrected chi connectivity index (χ4v) is 8.38. The highest BCUT2D eigenvalue weighted by Gasteiger charge is 2.75. The van der Waals surface area contributed by atoms with Crippen LogP contribution in [0, 0.1) is 34.5 Å². The zero-order chi connectivity index (χ0) is 30.2. The van der Waals surface area contributed by atoms with E-state index in [4.69, 9.17) is 11.5 Å². The summed E-state index contributed by atoms with van der Waals surface area (Å²) in [5.41, 5.74) is 8.68. The maximum absolute atomic E-state index is 14.1. The van der Waals surface area contributed by atoms with Crippen molar-refractivity contribution in [3.63, 3.8) is 0 Å². The second kappa shape index (κ2) is 9.47. The molecule has 0 bridgehead atoms. The molecule has 218 valence electrons. The summed E-state index contributed by atoms with van der Waals surface area (Å²) in [6.07, 6.45) is -1.50. The number of primary amides is 1. The first kappa shape index (κ1) is 28.9. The number of phenolic OH excluding ortho intramolecular Hbond substituents is 1. The molecule has 2 aromatic rings. The number of hydrogen-bond donors (Lipinski definition) is 6. The molecule has 41 heavy (non-hydrogen) atoms. The molecule has 0 saturated heterocycles. The van der Waals surface area contributed by atoms with E-state index in [0.717, 1.165) is 0 Å². The van der Waals surface area contributed by atoms with Gasteiger partial charge in [-0.05, 0) is 77.6 Å². The highest BCUT2D eigenvalue weighted by atomic mass is 16.4. The van der Waals surface area contributed by atoms with E-state index in [1.165, 1.54) is 6.07 Å². The van der Waals surface area contributed by atoms with Crippen LogP contribution in [-0.4, -0.2) is 61.9 Å². The third-order valence-corrected chi connectivity index (χ3v) is 9.95. The van der Waals surface area contributed by atoms with Gasteiger partial charge in [-0.1, -0.05) is 27.7 Å². The van der Waals surface area contributed by atoms with E-state index in [1.54, 1.807) is 57.3 Å². The minimum atomic E-state index is -2.54. The summed E-state index contributed by atoms with van der Waals surface area (Å²) in [5.74, 6) is -7.23. The van der Waals surface area contributed by atoms with Crippen molar-refractivity contribution in [3.05, 3.63) is 53.1 Å². The Morgan fingerprint density at radius 3 is 2.32 bits per heavy atom. The van der Waals surface area contributed by atoms with Crippen LogP contribution >= 0.6 is 0 Å².